The molecule has 1 amide bonds. The average molecular weight is 524 g/mol. The molecule has 0 saturated carbocycles. The Hall–Kier alpha value is -3.97. The number of likely N-dealkylation sites (tertiary alicyclic amines) is 1. The van der Waals surface area contributed by atoms with Crippen molar-refractivity contribution in [3.8, 4) is 16.9 Å². The molecule has 1 N–H and O–H groups in total. The Morgan fingerprint density at radius 2 is 1.54 bits per heavy atom. The Morgan fingerprint density at radius 1 is 0.923 bits per heavy atom. The zero-order chi connectivity index (χ0) is 27.4. The minimum absolute atomic E-state index is 0.112. The maximum Gasteiger partial charge on any atom is 0.277 e. The van der Waals surface area contributed by atoms with E-state index < -0.39 is 0 Å². The monoisotopic (exact) mass is 523 g/mol. The van der Waals surface area contributed by atoms with Gasteiger partial charge in [0.1, 0.15) is 11.9 Å². The van der Waals surface area contributed by atoms with E-state index in [-0.39, 0.29) is 23.1 Å². The van der Waals surface area contributed by atoms with Crippen molar-refractivity contribution in [1.82, 2.24) is 19.9 Å². The molecule has 0 spiro atoms. The number of carbonyl (C=O) groups is 1. The molecular formula is C32H37N5O2. The third-order valence-corrected chi connectivity index (χ3v) is 7.23. The highest BCUT2D eigenvalue weighted by Crippen LogP contribution is 2.26. The van der Waals surface area contributed by atoms with Crippen LogP contribution in [-0.2, 0) is 12.0 Å². The van der Waals surface area contributed by atoms with Gasteiger partial charge >= 0.3 is 0 Å². The lowest BCUT2D eigenvalue weighted by Gasteiger charge is -2.29. The van der Waals surface area contributed by atoms with E-state index in [4.69, 9.17) is 4.74 Å². The molecule has 1 aromatic heterocycles. The fourth-order valence-corrected chi connectivity index (χ4v) is 4.74. The second-order valence-electron chi connectivity index (χ2n) is 11.4. The average Bonchev–Trinajstić information content (AvgIpc) is 3.39. The van der Waals surface area contributed by atoms with Crippen molar-refractivity contribution in [1.29, 1.82) is 0 Å². The quantitative estimate of drug-likeness (QED) is 0.321. The molecule has 3 aromatic carbocycles. The highest BCUT2D eigenvalue weighted by molar-refractivity contribution is 6.02. The Kier molecular flexibility index (Phi) is 7.79. The van der Waals surface area contributed by atoms with E-state index in [1.807, 2.05) is 36.4 Å². The number of anilines is 1. The summed E-state index contributed by atoms with van der Waals surface area (Å²) in [7, 11) is 2.15. The van der Waals surface area contributed by atoms with Crippen LogP contribution in [0.2, 0.25) is 0 Å². The van der Waals surface area contributed by atoms with E-state index in [0.717, 1.165) is 48.4 Å². The number of aromatic nitrogens is 3. The second kappa shape index (κ2) is 11.4. The van der Waals surface area contributed by atoms with Crippen LogP contribution in [0.3, 0.4) is 0 Å². The summed E-state index contributed by atoms with van der Waals surface area (Å²) < 4.78 is 7.85. The maximum atomic E-state index is 12.8. The summed E-state index contributed by atoms with van der Waals surface area (Å²) in [6, 6.07) is 24.5. The zero-order valence-corrected chi connectivity index (χ0v) is 23.2. The highest BCUT2D eigenvalue weighted by atomic mass is 16.5. The van der Waals surface area contributed by atoms with Gasteiger partial charge in [0, 0.05) is 18.8 Å². The third kappa shape index (κ3) is 6.92. The van der Waals surface area contributed by atoms with Gasteiger partial charge in [0.25, 0.3) is 5.91 Å². The Bertz CT molecular complexity index is 1380. The zero-order valence-electron chi connectivity index (χ0n) is 23.2. The molecule has 4 aromatic rings. The maximum absolute atomic E-state index is 12.8. The van der Waals surface area contributed by atoms with Gasteiger partial charge in [-0.2, -0.15) is 0 Å². The van der Waals surface area contributed by atoms with Crippen LogP contribution in [0.5, 0.6) is 5.75 Å². The highest BCUT2D eigenvalue weighted by Gasteiger charge is 2.18. The van der Waals surface area contributed by atoms with Crippen LogP contribution in [0, 0.1) is 0 Å². The molecule has 0 bridgehead atoms. The Morgan fingerprint density at radius 3 is 2.15 bits per heavy atom. The van der Waals surface area contributed by atoms with Gasteiger partial charge in [0.05, 0.1) is 12.7 Å². The predicted molar refractivity (Wildman–Crippen MR) is 155 cm³/mol. The van der Waals surface area contributed by atoms with E-state index in [0.29, 0.717) is 12.2 Å². The van der Waals surface area contributed by atoms with Gasteiger partial charge in [-0.3, -0.25) is 4.79 Å². The first-order chi connectivity index (χ1) is 18.7. The van der Waals surface area contributed by atoms with Gasteiger partial charge < -0.3 is 15.0 Å². The smallest absolute Gasteiger partial charge is 0.277 e. The molecular weight excluding hydrogens is 486 g/mol. The van der Waals surface area contributed by atoms with Crippen molar-refractivity contribution >= 4 is 11.6 Å². The number of piperidine rings is 1. The Labute approximate surface area is 230 Å². The van der Waals surface area contributed by atoms with E-state index in [9.17, 15) is 4.79 Å². The first kappa shape index (κ1) is 26.6. The van der Waals surface area contributed by atoms with Gasteiger partial charge in [0.2, 0.25) is 0 Å². The summed E-state index contributed by atoms with van der Waals surface area (Å²) in [5.41, 5.74) is 5.66. The number of nitrogens with zero attached hydrogens (tertiary/aromatic N) is 4. The van der Waals surface area contributed by atoms with E-state index in [1.54, 1.807) is 10.9 Å². The number of amides is 1. The molecule has 7 heteroatoms. The SMILES string of the molecule is CN1CCC(Oc2ccc(-c3ccc(NC(=O)c4cn(Cc5ccc(C(C)(C)C)cc5)nn4)cc3)cc2)CC1. The number of carbonyl (C=O) groups excluding carboxylic acids is 1. The predicted octanol–water partition coefficient (Wildman–Crippen LogP) is 6.02. The molecule has 202 valence electrons. The largest absolute Gasteiger partial charge is 0.490 e. The topological polar surface area (TPSA) is 72.3 Å². The van der Waals surface area contributed by atoms with Gasteiger partial charge in [0.15, 0.2) is 5.69 Å². The first-order valence-electron chi connectivity index (χ1n) is 13.6. The standard InChI is InChI=1S/C32H37N5O2/c1-32(2,3)26-11-5-23(6-12-26)21-37-22-30(34-35-37)31(38)33-27-13-7-24(8-14-27)25-9-15-28(16-10-25)39-29-17-19-36(4)20-18-29/h5-16,22,29H,17-21H2,1-4H3,(H,33,38). The molecule has 1 aliphatic heterocycles. The van der Waals surface area contributed by atoms with E-state index in [1.165, 1.54) is 5.56 Å². The summed E-state index contributed by atoms with van der Waals surface area (Å²) in [4.78, 5) is 15.1. The number of nitrogens with one attached hydrogen (secondary N) is 1. The lowest BCUT2D eigenvalue weighted by atomic mass is 9.87. The second-order valence-corrected chi connectivity index (χ2v) is 11.4. The van der Waals surface area contributed by atoms with Crippen molar-refractivity contribution in [3.05, 3.63) is 95.8 Å². The molecule has 0 aliphatic carbocycles. The molecule has 2 heterocycles. The van der Waals surface area contributed by atoms with Crippen LogP contribution in [-0.4, -0.2) is 52.0 Å². The number of hydrogen-bond acceptors (Lipinski definition) is 5. The lowest BCUT2D eigenvalue weighted by Crippen LogP contribution is -2.35. The molecule has 0 atom stereocenters. The van der Waals surface area contributed by atoms with Gasteiger partial charge in [-0.15, -0.1) is 5.10 Å². The van der Waals surface area contributed by atoms with Crippen molar-refractivity contribution in [2.45, 2.75) is 51.7 Å². The van der Waals surface area contributed by atoms with Crippen LogP contribution < -0.4 is 10.1 Å². The molecule has 0 radical (unpaired) electrons. The normalized spacial score (nSPS) is 14.8. The lowest BCUT2D eigenvalue weighted by molar-refractivity contribution is 0.102. The molecule has 1 aliphatic rings. The van der Waals surface area contributed by atoms with E-state index in [2.05, 4.69) is 84.7 Å². The molecule has 39 heavy (non-hydrogen) atoms. The van der Waals surface area contributed by atoms with Crippen molar-refractivity contribution in [2.24, 2.45) is 0 Å². The summed E-state index contributed by atoms with van der Waals surface area (Å²) in [5.74, 6) is 0.625. The van der Waals surface area contributed by atoms with Crippen LogP contribution >= 0.6 is 0 Å². The van der Waals surface area contributed by atoms with Crippen LogP contribution in [0.15, 0.2) is 79.0 Å². The van der Waals surface area contributed by atoms with Gasteiger partial charge in [-0.1, -0.05) is 74.5 Å². The minimum atomic E-state index is -0.285. The van der Waals surface area contributed by atoms with Crippen molar-refractivity contribution in [3.63, 3.8) is 0 Å². The number of ether oxygens (including phenoxy) is 1. The number of rotatable bonds is 7. The van der Waals surface area contributed by atoms with Crippen LogP contribution in [0.4, 0.5) is 5.69 Å². The summed E-state index contributed by atoms with van der Waals surface area (Å²) in [5, 5.41) is 11.1. The Balaban J connectivity index is 1.15. The van der Waals surface area contributed by atoms with E-state index >= 15 is 0 Å². The molecule has 0 unspecified atom stereocenters. The molecule has 5 rings (SSSR count). The van der Waals surface area contributed by atoms with Crippen molar-refractivity contribution in [2.75, 3.05) is 25.5 Å². The fourth-order valence-electron chi connectivity index (χ4n) is 4.74. The minimum Gasteiger partial charge on any atom is -0.490 e. The first-order valence-corrected chi connectivity index (χ1v) is 13.6. The summed E-state index contributed by atoms with van der Waals surface area (Å²) in [6.07, 6.45) is 4.09. The van der Waals surface area contributed by atoms with Crippen LogP contribution in [0.25, 0.3) is 11.1 Å². The number of benzene rings is 3. The molecule has 1 fully saturated rings. The molecule has 1 saturated heterocycles. The number of hydrogen-bond donors (Lipinski definition) is 1. The summed E-state index contributed by atoms with van der Waals surface area (Å²) >= 11 is 0. The summed E-state index contributed by atoms with van der Waals surface area (Å²) in [6.45, 7) is 9.31. The van der Waals surface area contributed by atoms with Gasteiger partial charge in [-0.05, 0) is 71.8 Å². The van der Waals surface area contributed by atoms with Crippen LogP contribution in [0.1, 0.15) is 55.2 Å². The van der Waals surface area contributed by atoms with Gasteiger partial charge in [-0.25, -0.2) is 4.68 Å². The van der Waals surface area contributed by atoms with Crippen molar-refractivity contribution < 1.29 is 9.53 Å². The third-order valence-electron chi connectivity index (χ3n) is 7.23. The fraction of sp³-hybridized carbons (Fsp3) is 0.344. The molecule has 7 nitrogen and oxygen atoms in total.